The summed E-state index contributed by atoms with van der Waals surface area (Å²) in [6.07, 6.45) is 1.25. The van der Waals surface area contributed by atoms with Gasteiger partial charge in [0.2, 0.25) is 5.91 Å². The summed E-state index contributed by atoms with van der Waals surface area (Å²) in [5, 5.41) is 5.33. The Hall–Kier alpha value is -0.990. The predicted molar refractivity (Wildman–Crippen MR) is 71.0 cm³/mol. The van der Waals surface area contributed by atoms with Crippen LogP contribution in [0.15, 0.2) is 5.38 Å². The molecule has 102 valence electrons. The molecular weight excluding hydrogens is 274 g/mol. The van der Waals surface area contributed by atoms with E-state index in [1.165, 1.54) is 11.3 Å². The smallest absolute Gasteiger partial charge is 0.237 e. The molecule has 0 saturated carbocycles. The van der Waals surface area contributed by atoms with Crippen LogP contribution in [0.3, 0.4) is 0 Å². The van der Waals surface area contributed by atoms with Crippen LogP contribution in [-0.4, -0.2) is 37.4 Å². The highest BCUT2D eigenvalue weighted by atomic mass is 32.2. The van der Waals surface area contributed by atoms with Gasteiger partial charge in [0.15, 0.2) is 0 Å². The normalized spacial score (nSPS) is 13.3. The first-order valence-electron chi connectivity index (χ1n) is 5.40. The van der Waals surface area contributed by atoms with Crippen LogP contribution in [0.5, 0.6) is 0 Å². The summed E-state index contributed by atoms with van der Waals surface area (Å²) in [5.41, 5.74) is 6.51. The molecule has 0 aliphatic rings. The largest absolute Gasteiger partial charge is 0.348 e. The van der Waals surface area contributed by atoms with Crippen molar-refractivity contribution in [2.75, 3.05) is 12.0 Å². The SMILES string of the molecule is Cc1csc(CNC(=O)C(N)CCS(C)(=O)=O)n1. The summed E-state index contributed by atoms with van der Waals surface area (Å²) in [5.74, 6) is -0.440. The number of thiazole rings is 1. The molecule has 0 bridgehead atoms. The van der Waals surface area contributed by atoms with Crippen molar-refractivity contribution in [2.24, 2.45) is 5.73 Å². The van der Waals surface area contributed by atoms with Gasteiger partial charge in [-0.1, -0.05) is 0 Å². The molecule has 0 spiro atoms. The monoisotopic (exact) mass is 291 g/mol. The van der Waals surface area contributed by atoms with Crippen molar-refractivity contribution in [2.45, 2.75) is 25.9 Å². The molecule has 1 aromatic heterocycles. The Balaban J connectivity index is 2.36. The van der Waals surface area contributed by atoms with E-state index in [4.69, 9.17) is 5.73 Å². The molecular formula is C10H17N3O3S2. The van der Waals surface area contributed by atoms with Crippen LogP contribution in [0, 0.1) is 6.92 Å². The van der Waals surface area contributed by atoms with Gasteiger partial charge in [-0.2, -0.15) is 0 Å². The van der Waals surface area contributed by atoms with Crippen LogP contribution >= 0.6 is 11.3 Å². The number of nitrogens with one attached hydrogen (secondary N) is 1. The number of hydrogen-bond acceptors (Lipinski definition) is 6. The van der Waals surface area contributed by atoms with Crippen molar-refractivity contribution < 1.29 is 13.2 Å². The van der Waals surface area contributed by atoms with E-state index in [0.29, 0.717) is 6.54 Å². The van der Waals surface area contributed by atoms with Crippen LogP contribution in [-0.2, 0) is 21.2 Å². The van der Waals surface area contributed by atoms with Gasteiger partial charge in [-0.3, -0.25) is 4.79 Å². The van der Waals surface area contributed by atoms with E-state index in [9.17, 15) is 13.2 Å². The molecule has 1 heterocycles. The maximum atomic E-state index is 11.6. The van der Waals surface area contributed by atoms with E-state index in [-0.39, 0.29) is 18.1 Å². The molecule has 1 atom stereocenters. The van der Waals surface area contributed by atoms with Gasteiger partial charge >= 0.3 is 0 Å². The highest BCUT2D eigenvalue weighted by molar-refractivity contribution is 7.90. The van der Waals surface area contributed by atoms with E-state index in [0.717, 1.165) is 17.0 Å². The predicted octanol–water partition coefficient (Wildman–Crippen LogP) is -0.170. The molecule has 3 N–H and O–H groups in total. The maximum absolute atomic E-state index is 11.6. The number of aromatic nitrogens is 1. The minimum absolute atomic E-state index is 0.0854. The fourth-order valence-corrected chi connectivity index (χ4v) is 2.64. The maximum Gasteiger partial charge on any atom is 0.237 e. The summed E-state index contributed by atoms with van der Waals surface area (Å²) >= 11 is 1.46. The van der Waals surface area contributed by atoms with Crippen molar-refractivity contribution in [3.63, 3.8) is 0 Å². The highest BCUT2D eigenvalue weighted by Crippen LogP contribution is 2.07. The summed E-state index contributed by atoms with van der Waals surface area (Å²) in [7, 11) is -3.09. The quantitative estimate of drug-likeness (QED) is 0.757. The number of aryl methyl sites for hydroxylation is 1. The first-order valence-corrected chi connectivity index (χ1v) is 8.34. The average Bonchev–Trinajstić information content (AvgIpc) is 2.67. The zero-order valence-corrected chi connectivity index (χ0v) is 12.0. The number of carbonyl (C=O) groups excluding carboxylic acids is 1. The van der Waals surface area contributed by atoms with Crippen molar-refractivity contribution in [3.8, 4) is 0 Å². The van der Waals surface area contributed by atoms with E-state index >= 15 is 0 Å². The molecule has 1 aromatic rings. The summed E-state index contributed by atoms with van der Waals surface area (Å²) < 4.78 is 21.9. The molecule has 0 fully saturated rings. The third kappa shape index (κ3) is 5.56. The zero-order chi connectivity index (χ0) is 13.8. The van der Waals surface area contributed by atoms with Crippen molar-refractivity contribution in [1.29, 1.82) is 0 Å². The Morgan fingerprint density at radius 1 is 1.61 bits per heavy atom. The first kappa shape index (κ1) is 15.1. The molecule has 1 rings (SSSR count). The second kappa shape index (κ2) is 6.26. The second-order valence-corrected chi connectivity index (χ2v) is 7.33. The van der Waals surface area contributed by atoms with Gasteiger partial charge in [-0.25, -0.2) is 13.4 Å². The molecule has 0 aliphatic carbocycles. The molecule has 0 radical (unpaired) electrons. The summed E-state index contributed by atoms with van der Waals surface area (Å²) in [4.78, 5) is 15.8. The number of nitrogens with two attached hydrogens (primary N) is 1. The number of rotatable bonds is 6. The minimum Gasteiger partial charge on any atom is -0.348 e. The Morgan fingerprint density at radius 2 is 2.28 bits per heavy atom. The van der Waals surface area contributed by atoms with Crippen LogP contribution in [0.2, 0.25) is 0 Å². The molecule has 0 aliphatic heterocycles. The van der Waals surface area contributed by atoms with Gasteiger partial charge in [0.1, 0.15) is 14.8 Å². The van der Waals surface area contributed by atoms with Crippen LogP contribution < -0.4 is 11.1 Å². The number of carbonyl (C=O) groups is 1. The Bertz CT molecular complexity index is 510. The number of nitrogens with zero attached hydrogens (tertiary/aromatic N) is 1. The third-order valence-electron chi connectivity index (χ3n) is 2.22. The summed E-state index contributed by atoms with van der Waals surface area (Å²) in [6.45, 7) is 2.20. The fraction of sp³-hybridized carbons (Fsp3) is 0.600. The van der Waals surface area contributed by atoms with Crippen LogP contribution in [0.25, 0.3) is 0 Å². The van der Waals surface area contributed by atoms with E-state index in [1.807, 2.05) is 12.3 Å². The summed E-state index contributed by atoms with van der Waals surface area (Å²) in [6, 6.07) is -0.805. The lowest BCUT2D eigenvalue weighted by atomic mass is 10.2. The van der Waals surface area contributed by atoms with Crippen LogP contribution in [0.1, 0.15) is 17.1 Å². The third-order valence-corrected chi connectivity index (χ3v) is 4.16. The number of hydrogen-bond donors (Lipinski definition) is 2. The van der Waals surface area contributed by atoms with Gasteiger partial charge in [0, 0.05) is 17.3 Å². The van der Waals surface area contributed by atoms with E-state index in [1.54, 1.807) is 0 Å². The molecule has 1 unspecified atom stereocenters. The molecule has 18 heavy (non-hydrogen) atoms. The van der Waals surface area contributed by atoms with Crippen molar-refractivity contribution in [3.05, 3.63) is 16.1 Å². The van der Waals surface area contributed by atoms with Crippen molar-refractivity contribution in [1.82, 2.24) is 10.3 Å². The Morgan fingerprint density at radius 3 is 2.78 bits per heavy atom. The molecule has 0 aromatic carbocycles. The lowest BCUT2D eigenvalue weighted by Crippen LogP contribution is -2.41. The minimum atomic E-state index is -3.09. The second-order valence-electron chi connectivity index (χ2n) is 4.13. The first-order chi connectivity index (χ1) is 8.28. The molecule has 6 nitrogen and oxygen atoms in total. The lowest BCUT2D eigenvalue weighted by molar-refractivity contribution is -0.122. The molecule has 8 heteroatoms. The Labute approximate surface area is 111 Å². The van der Waals surface area contributed by atoms with Crippen molar-refractivity contribution >= 4 is 27.1 Å². The zero-order valence-electron chi connectivity index (χ0n) is 10.3. The van der Waals surface area contributed by atoms with E-state index < -0.39 is 15.9 Å². The highest BCUT2D eigenvalue weighted by Gasteiger charge is 2.15. The topological polar surface area (TPSA) is 102 Å². The fourth-order valence-electron chi connectivity index (χ4n) is 1.25. The van der Waals surface area contributed by atoms with Crippen LogP contribution in [0.4, 0.5) is 0 Å². The number of sulfone groups is 1. The lowest BCUT2D eigenvalue weighted by Gasteiger charge is -2.10. The Kier molecular flexibility index (Phi) is 5.24. The van der Waals surface area contributed by atoms with Gasteiger partial charge < -0.3 is 11.1 Å². The van der Waals surface area contributed by atoms with Gasteiger partial charge in [-0.15, -0.1) is 11.3 Å². The van der Waals surface area contributed by atoms with Gasteiger partial charge in [0.25, 0.3) is 0 Å². The van der Waals surface area contributed by atoms with Gasteiger partial charge in [0.05, 0.1) is 18.3 Å². The number of amides is 1. The average molecular weight is 291 g/mol. The van der Waals surface area contributed by atoms with E-state index in [2.05, 4.69) is 10.3 Å². The van der Waals surface area contributed by atoms with Gasteiger partial charge in [-0.05, 0) is 13.3 Å². The standard InChI is InChI=1S/C10H17N3O3S2/c1-7-6-17-9(13-7)5-12-10(14)8(11)3-4-18(2,15)16/h6,8H,3-5,11H2,1-2H3,(H,12,14). The molecule has 1 amide bonds. The molecule has 0 saturated heterocycles.